The van der Waals surface area contributed by atoms with Gasteiger partial charge in [-0.25, -0.2) is 0 Å². The Kier molecular flexibility index (Phi) is 5.06. The molecule has 0 aromatic heterocycles. The zero-order chi connectivity index (χ0) is 14.6. The lowest BCUT2D eigenvalue weighted by atomic mass is 10.1. The summed E-state index contributed by atoms with van der Waals surface area (Å²) >= 11 is 5.93. The minimum atomic E-state index is -1.37. The second-order valence-electron chi connectivity index (χ2n) is 6.15. The maximum absolute atomic E-state index is 5.93. The Morgan fingerprint density at radius 2 is 1.55 bits per heavy atom. The third-order valence-corrected chi connectivity index (χ3v) is 9.36. The fourth-order valence-electron chi connectivity index (χ4n) is 2.55. The summed E-state index contributed by atoms with van der Waals surface area (Å²) < 4.78 is 0. The summed E-state index contributed by atoms with van der Waals surface area (Å²) in [5.74, 6) is 0. The standard InChI is InChI=1S/C18H23ClSi/c1-15(9-10-16-11-13-17(19)14-12-16)20(2,3)18-7-5-4-6-8-18/h4-8,11-15H,9-10H2,1-3H3. The summed E-state index contributed by atoms with van der Waals surface area (Å²) in [6.07, 6.45) is 2.39. The van der Waals surface area contributed by atoms with Crippen molar-refractivity contribution in [3.8, 4) is 0 Å². The predicted octanol–water partition coefficient (Wildman–Crippen LogP) is 5.28. The molecule has 2 heteroatoms. The van der Waals surface area contributed by atoms with Gasteiger partial charge in [0.15, 0.2) is 0 Å². The van der Waals surface area contributed by atoms with Crippen LogP contribution in [-0.4, -0.2) is 8.07 Å². The normalized spacial score (nSPS) is 13.2. The Hall–Kier alpha value is -1.05. The Morgan fingerprint density at radius 3 is 2.15 bits per heavy atom. The molecule has 0 fully saturated rings. The van der Waals surface area contributed by atoms with Gasteiger partial charge in [-0.15, -0.1) is 0 Å². The molecule has 0 radical (unpaired) electrons. The van der Waals surface area contributed by atoms with E-state index in [0.29, 0.717) is 0 Å². The van der Waals surface area contributed by atoms with Crippen molar-refractivity contribution in [2.45, 2.75) is 38.4 Å². The van der Waals surface area contributed by atoms with Gasteiger partial charge in [-0.05, 0) is 36.1 Å². The molecular weight excluding hydrogens is 280 g/mol. The lowest BCUT2D eigenvalue weighted by Gasteiger charge is -2.30. The topological polar surface area (TPSA) is 0 Å². The Balaban J connectivity index is 2.00. The van der Waals surface area contributed by atoms with E-state index in [1.165, 1.54) is 12.0 Å². The van der Waals surface area contributed by atoms with Gasteiger partial charge >= 0.3 is 0 Å². The van der Waals surface area contributed by atoms with Crippen molar-refractivity contribution in [3.63, 3.8) is 0 Å². The first kappa shape index (κ1) is 15.3. The summed E-state index contributed by atoms with van der Waals surface area (Å²) in [6.45, 7) is 7.37. The molecule has 0 bridgehead atoms. The van der Waals surface area contributed by atoms with Crippen molar-refractivity contribution >= 4 is 24.9 Å². The highest BCUT2D eigenvalue weighted by molar-refractivity contribution is 6.90. The number of aryl methyl sites for hydroxylation is 1. The molecule has 2 aromatic carbocycles. The van der Waals surface area contributed by atoms with Crippen molar-refractivity contribution in [1.82, 2.24) is 0 Å². The van der Waals surface area contributed by atoms with Crippen LogP contribution in [0.25, 0.3) is 0 Å². The molecule has 1 atom stereocenters. The number of hydrogen-bond donors (Lipinski definition) is 0. The first-order chi connectivity index (χ1) is 9.50. The van der Waals surface area contributed by atoms with Crippen molar-refractivity contribution in [3.05, 3.63) is 65.2 Å². The van der Waals surface area contributed by atoms with E-state index in [0.717, 1.165) is 17.0 Å². The molecule has 0 heterocycles. The SMILES string of the molecule is CC(CCc1ccc(Cl)cc1)[Si](C)(C)c1ccccc1. The van der Waals surface area contributed by atoms with E-state index in [1.54, 1.807) is 5.19 Å². The fourth-order valence-corrected chi connectivity index (χ4v) is 5.16. The van der Waals surface area contributed by atoms with Crippen LogP contribution in [0.1, 0.15) is 18.9 Å². The van der Waals surface area contributed by atoms with E-state index in [4.69, 9.17) is 11.6 Å². The van der Waals surface area contributed by atoms with Crippen LogP contribution < -0.4 is 5.19 Å². The van der Waals surface area contributed by atoms with E-state index in [9.17, 15) is 0 Å². The van der Waals surface area contributed by atoms with Crippen LogP contribution >= 0.6 is 11.6 Å². The van der Waals surface area contributed by atoms with Crippen LogP contribution in [0.15, 0.2) is 54.6 Å². The van der Waals surface area contributed by atoms with Gasteiger partial charge in [0.25, 0.3) is 0 Å². The molecule has 2 rings (SSSR count). The van der Waals surface area contributed by atoms with Crippen molar-refractivity contribution in [1.29, 1.82) is 0 Å². The maximum Gasteiger partial charge on any atom is 0.0834 e. The van der Waals surface area contributed by atoms with Gasteiger partial charge < -0.3 is 0 Å². The monoisotopic (exact) mass is 302 g/mol. The number of benzene rings is 2. The molecule has 0 aliphatic carbocycles. The van der Waals surface area contributed by atoms with E-state index >= 15 is 0 Å². The lowest BCUT2D eigenvalue weighted by molar-refractivity contribution is 0.770. The molecule has 0 nitrogen and oxygen atoms in total. The third kappa shape index (κ3) is 3.74. The second kappa shape index (κ2) is 6.60. The average Bonchev–Trinajstić information content (AvgIpc) is 2.47. The molecule has 0 aliphatic rings. The summed E-state index contributed by atoms with van der Waals surface area (Å²) in [7, 11) is -1.37. The highest BCUT2D eigenvalue weighted by atomic mass is 35.5. The van der Waals surface area contributed by atoms with Crippen LogP contribution in [0, 0.1) is 0 Å². The Bertz CT molecular complexity index is 531. The average molecular weight is 303 g/mol. The third-order valence-electron chi connectivity index (χ3n) is 4.53. The van der Waals surface area contributed by atoms with Gasteiger partial charge in [-0.1, -0.05) is 79.3 Å². The molecule has 20 heavy (non-hydrogen) atoms. The van der Waals surface area contributed by atoms with Gasteiger partial charge in [0, 0.05) is 5.02 Å². The molecule has 106 valence electrons. The highest BCUT2D eigenvalue weighted by Gasteiger charge is 2.29. The molecule has 0 saturated carbocycles. The molecule has 0 aliphatic heterocycles. The van der Waals surface area contributed by atoms with Crippen molar-refractivity contribution < 1.29 is 0 Å². The number of rotatable bonds is 5. The largest absolute Gasteiger partial charge is 0.0843 e. The summed E-state index contributed by atoms with van der Waals surface area (Å²) in [5, 5.41) is 2.38. The van der Waals surface area contributed by atoms with Crippen LogP contribution in [0.3, 0.4) is 0 Å². The van der Waals surface area contributed by atoms with E-state index in [1.807, 2.05) is 12.1 Å². The van der Waals surface area contributed by atoms with E-state index in [-0.39, 0.29) is 0 Å². The molecule has 1 unspecified atom stereocenters. The smallest absolute Gasteiger partial charge is 0.0834 e. The van der Waals surface area contributed by atoms with Gasteiger partial charge in [-0.3, -0.25) is 0 Å². The van der Waals surface area contributed by atoms with Gasteiger partial charge in [0.05, 0.1) is 8.07 Å². The maximum atomic E-state index is 5.93. The van der Waals surface area contributed by atoms with Gasteiger partial charge in [0.2, 0.25) is 0 Å². The van der Waals surface area contributed by atoms with Crippen molar-refractivity contribution in [2.75, 3.05) is 0 Å². The minimum Gasteiger partial charge on any atom is -0.0843 e. The van der Waals surface area contributed by atoms with Crippen LogP contribution in [0.4, 0.5) is 0 Å². The fraction of sp³-hybridized carbons (Fsp3) is 0.333. The second-order valence-corrected chi connectivity index (χ2v) is 11.6. The van der Waals surface area contributed by atoms with E-state index < -0.39 is 8.07 Å². The zero-order valence-electron chi connectivity index (χ0n) is 12.6. The van der Waals surface area contributed by atoms with Gasteiger partial charge in [-0.2, -0.15) is 0 Å². The molecule has 0 spiro atoms. The summed E-state index contributed by atoms with van der Waals surface area (Å²) in [4.78, 5) is 0. The predicted molar refractivity (Wildman–Crippen MR) is 92.8 cm³/mol. The highest BCUT2D eigenvalue weighted by Crippen LogP contribution is 2.26. The molecule has 0 amide bonds. The van der Waals surface area contributed by atoms with Crippen LogP contribution in [0.5, 0.6) is 0 Å². The summed E-state index contributed by atoms with van der Waals surface area (Å²) in [5.41, 5.74) is 2.15. The van der Waals surface area contributed by atoms with Crippen LogP contribution in [0.2, 0.25) is 23.7 Å². The molecule has 2 aromatic rings. The van der Waals surface area contributed by atoms with Gasteiger partial charge in [0.1, 0.15) is 0 Å². The first-order valence-corrected chi connectivity index (χ1v) is 10.8. The first-order valence-electron chi connectivity index (χ1n) is 7.30. The Morgan fingerprint density at radius 1 is 0.950 bits per heavy atom. The molecule has 0 saturated heterocycles. The summed E-state index contributed by atoms with van der Waals surface area (Å²) in [6, 6.07) is 19.3. The molecule has 0 N–H and O–H groups in total. The molecular formula is C18H23ClSi. The number of hydrogen-bond acceptors (Lipinski definition) is 0. The quantitative estimate of drug-likeness (QED) is 0.659. The lowest BCUT2D eigenvalue weighted by Crippen LogP contribution is -2.45. The Labute approximate surface area is 128 Å². The van der Waals surface area contributed by atoms with Crippen molar-refractivity contribution in [2.24, 2.45) is 0 Å². The van der Waals surface area contributed by atoms with Crippen LogP contribution in [-0.2, 0) is 6.42 Å². The number of halogens is 1. The zero-order valence-corrected chi connectivity index (χ0v) is 14.3. The van der Waals surface area contributed by atoms with E-state index in [2.05, 4.69) is 62.5 Å². The minimum absolute atomic E-state index is 0.764.